The zero-order valence-electron chi connectivity index (χ0n) is 11.7. The van der Waals surface area contributed by atoms with Crippen LogP contribution in [0.1, 0.15) is 55.8 Å². The van der Waals surface area contributed by atoms with E-state index in [1.54, 1.807) is 0 Å². The summed E-state index contributed by atoms with van der Waals surface area (Å²) in [6, 6.07) is 7.50. The average Bonchev–Trinajstić information content (AvgIpc) is 2.45. The zero-order chi connectivity index (χ0) is 13.9. The lowest BCUT2D eigenvalue weighted by Crippen LogP contribution is -2.00. The lowest BCUT2D eigenvalue weighted by atomic mass is 10.1. The normalized spacial score (nSPS) is 10.4. The molecule has 0 spiro atoms. The molecule has 0 saturated heterocycles. The third kappa shape index (κ3) is 6.76. The van der Waals surface area contributed by atoms with E-state index in [2.05, 4.69) is 22.9 Å². The molecule has 2 nitrogen and oxygen atoms in total. The van der Waals surface area contributed by atoms with Gasteiger partial charge < -0.3 is 4.74 Å². The summed E-state index contributed by atoms with van der Waals surface area (Å²) in [5.41, 5.74) is 0.777. The van der Waals surface area contributed by atoms with Crippen molar-refractivity contribution in [3.05, 3.63) is 29.8 Å². The minimum Gasteiger partial charge on any atom is -0.494 e. The second kappa shape index (κ2) is 10.0. The van der Waals surface area contributed by atoms with Crippen LogP contribution in [0, 0.1) is 0 Å². The van der Waals surface area contributed by atoms with Gasteiger partial charge in [-0.15, -0.1) is 0 Å². The number of carbonyl (C=O) groups excluding carboxylic acids is 1. The van der Waals surface area contributed by atoms with Gasteiger partial charge in [0.25, 0.3) is 0 Å². The van der Waals surface area contributed by atoms with Gasteiger partial charge in [-0.1, -0.05) is 42.1 Å². The van der Waals surface area contributed by atoms with Gasteiger partial charge in [0.2, 0.25) is 0 Å². The summed E-state index contributed by atoms with van der Waals surface area (Å²) in [4.78, 5) is 11.8. The number of hydrogen-bond acceptors (Lipinski definition) is 2. The Morgan fingerprint density at radius 2 is 1.84 bits per heavy atom. The Bertz CT molecular complexity index is 360. The fourth-order valence-electron chi connectivity index (χ4n) is 1.83. The lowest BCUT2D eigenvalue weighted by Gasteiger charge is -2.06. The van der Waals surface area contributed by atoms with E-state index in [4.69, 9.17) is 4.74 Å². The van der Waals surface area contributed by atoms with Crippen LogP contribution in [0.15, 0.2) is 24.3 Å². The maximum Gasteiger partial charge on any atom is 0.162 e. The van der Waals surface area contributed by atoms with Crippen molar-refractivity contribution in [3.8, 4) is 5.75 Å². The molecule has 0 radical (unpaired) electrons. The van der Waals surface area contributed by atoms with Crippen LogP contribution in [0.5, 0.6) is 5.75 Å². The van der Waals surface area contributed by atoms with E-state index in [0.29, 0.717) is 6.42 Å². The zero-order valence-corrected chi connectivity index (χ0v) is 13.2. The van der Waals surface area contributed by atoms with E-state index in [0.717, 1.165) is 36.1 Å². The molecule has 106 valence electrons. The maximum atomic E-state index is 11.8. The van der Waals surface area contributed by atoms with Crippen molar-refractivity contribution in [2.24, 2.45) is 0 Å². The number of alkyl halides is 1. The van der Waals surface area contributed by atoms with Crippen LogP contribution in [0.25, 0.3) is 0 Å². The summed E-state index contributed by atoms with van der Waals surface area (Å²) in [6.45, 7) is 2.96. The molecule has 0 N–H and O–H groups in total. The Hall–Kier alpha value is -0.830. The van der Waals surface area contributed by atoms with Crippen molar-refractivity contribution in [3.63, 3.8) is 0 Å². The van der Waals surface area contributed by atoms with Crippen LogP contribution in [0.3, 0.4) is 0 Å². The van der Waals surface area contributed by atoms with Gasteiger partial charge in [-0.25, -0.2) is 0 Å². The number of rotatable bonds is 10. The predicted octanol–water partition coefficient (Wildman–Crippen LogP) is 5.00. The number of halogens is 1. The molecule has 0 aliphatic heterocycles. The van der Waals surface area contributed by atoms with Gasteiger partial charge in [-0.3, -0.25) is 4.79 Å². The molecular weight excluding hydrogens is 304 g/mol. The van der Waals surface area contributed by atoms with Crippen molar-refractivity contribution < 1.29 is 9.53 Å². The second-order valence-corrected chi connectivity index (χ2v) is 5.44. The average molecular weight is 327 g/mol. The molecule has 0 aliphatic carbocycles. The van der Waals surface area contributed by atoms with Crippen LogP contribution in [-0.4, -0.2) is 17.7 Å². The van der Waals surface area contributed by atoms with Crippen molar-refractivity contribution in [1.82, 2.24) is 0 Å². The Labute approximate surface area is 124 Å². The molecule has 0 saturated carbocycles. The number of hydrogen-bond donors (Lipinski definition) is 0. The van der Waals surface area contributed by atoms with Crippen molar-refractivity contribution in [2.75, 3.05) is 11.9 Å². The Balaban J connectivity index is 2.32. The van der Waals surface area contributed by atoms with Crippen LogP contribution in [0.2, 0.25) is 0 Å². The number of benzene rings is 1. The molecule has 1 aromatic carbocycles. The molecule has 0 atom stereocenters. The smallest absolute Gasteiger partial charge is 0.162 e. The van der Waals surface area contributed by atoms with Gasteiger partial charge in [0.05, 0.1) is 6.61 Å². The monoisotopic (exact) mass is 326 g/mol. The molecule has 0 aromatic heterocycles. The highest BCUT2D eigenvalue weighted by Gasteiger charge is 2.05. The molecule has 3 heteroatoms. The molecule has 0 aliphatic rings. The van der Waals surface area contributed by atoms with Crippen molar-refractivity contribution >= 4 is 21.7 Å². The topological polar surface area (TPSA) is 26.3 Å². The van der Waals surface area contributed by atoms with Gasteiger partial charge in [0.15, 0.2) is 5.78 Å². The second-order valence-electron chi connectivity index (χ2n) is 4.65. The number of Topliss-reactive ketones (excluding diaryl/α,β-unsaturated/α-hetero) is 1. The molecular formula is C16H23BrO2. The molecule has 0 unspecified atom stereocenters. The third-order valence-corrected chi connectivity index (χ3v) is 3.54. The molecule has 0 fully saturated rings. The minimum absolute atomic E-state index is 0.203. The number of unbranched alkanes of at least 4 members (excludes halogenated alkanes) is 3. The fourth-order valence-corrected chi connectivity index (χ4v) is 2.11. The minimum atomic E-state index is 0.203. The van der Waals surface area contributed by atoms with Gasteiger partial charge >= 0.3 is 0 Å². The van der Waals surface area contributed by atoms with Crippen LogP contribution in [0.4, 0.5) is 0 Å². The largest absolute Gasteiger partial charge is 0.494 e. The number of carbonyl (C=O) groups is 1. The molecule has 1 aromatic rings. The van der Waals surface area contributed by atoms with E-state index in [1.807, 2.05) is 24.3 Å². The quantitative estimate of drug-likeness (QED) is 0.343. The van der Waals surface area contributed by atoms with Gasteiger partial charge in [-0.05, 0) is 37.1 Å². The Kier molecular flexibility index (Phi) is 8.55. The van der Waals surface area contributed by atoms with Crippen LogP contribution >= 0.6 is 15.9 Å². The maximum absolute atomic E-state index is 11.8. The third-order valence-electron chi connectivity index (χ3n) is 2.98. The standard InChI is InChI=1S/C16H23BrO2/c1-2-3-4-5-13-19-15-10-8-14(9-11-15)16(18)7-6-12-17/h8-11H,2-7,12-13H2,1H3. The summed E-state index contributed by atoms with van der Waals surface area (Å²) in [5.74, 6) is 1.06. The number of ketones is 1. The summed E-state index contributed by atoms with van der Waals surface area (Å²) >= 11 is 3.34. The summed E-state index contributed by atoms with van der Waals surface area (Å²) in [6.07, 6.45) is 6.31. The van der Waals surface area contributed by atoms with E-state index in [9.17, 15) is 4.79 Å². The van der Waals surface area contributed by atoms with Crippen LogP contribution in [-0.2, 0) is 0 Å². The Morgan fingerprint density at radius 3 is 2.47 bits per heavy atom. The summed E-state index contributed by atoms with van der Waals surface area (Å²) < 4.78 is 5.65. The fraction of sp³-hybridized carbons (Fsp3) is 0.562. The highest BCUT2D eigenvalue weighted by Crippen LogP contribution is 2.15. The SMILES string of the molecule is CCCCCCOc1ccc(C(=O)CCCBr)cc1. The van der Waals surface area contributed by atoms with Gasteiger partial charge in [0, 0.05) is 17.3 Å². The highest BCUT2D eigenvalue weighted by molar-refractivity contribution is 9.09. The van der Waals surface area contributed by atoms with Crippen molar-refractivity contribution in [2.45, 2.75) is 45.4 Å². The van der Waals surface area contributed by atoms with E-state index >= 15 is 0 Å². The molecule has 1 rings (SSSR count). The molecule has 0 bridgehead atoms. The van der Waals surface area contributed by atoms with Gasteiger partial charge in [-0.2, -0.15) is 0 Å². The Morgan fingerprint density at radius 1 is 1.11 bits per heavy atom. The predicted molar refractivity (Wildman–Crippen MR) is 83.4 cm³/mol. The van der Waals surface area contributed by atoms with Crippen molar-refractivity contribution in [1.29, 1.82) is 0 Å². The number of ether oxygens (including phenoxy) is 1. The first-order chi connectivity index (χ1) is 9.27. The van der Waals surface area contributed by atoms with Crippen LogP contribution < -0.4 is 4.74 Å². The molecule has 19 heavy (non-hydrogen) atoms. The molecule has 0 amide bonds. The lowest BCUT2D eigenvalue weighted by molar-refractivity contribution is 0.0982. The van der Waals surface area contributed by atoms with E-state index in [-0.39, 0.29) is 5.78 Å². The summed E-state index contributed by atoms with van der Waals surface area (Å²) in [7, 11) is 0. The van der Waals surface area contributed by atoms with E-state index in [1.165, 1.54) is 19.3 Å². The summed E-state index contributed by atoms with van der Waals surface area (Å²) in [5, 5.41) is 0.873. The first-order valence-corrected chi connectivity index (χ1v) is 8.22. The van der Waals surface area contributed by atoms with Gasteiger partial charge in [0.1, 0.15) is 5.75 Å². The molecule has 0 heterocycles. The van der Waals surface area contributed by atoms with E-state index < -0.39 is 0 Å². The first-order valence-electron chi connectivity index (χ1n) is 7.10. The first kappa shape index (κ1) is 16.2. The highest BCUT2D eigenvalue weighted by atomic mass is 79.9.